The number of aliphatic hydroxyl groups is 2. The summed E-state index contributed by atoms with van der Waals surface area (Å²) in [6.45, 7) is 22.8. The molecular formula is C27H48N4O4. The second-order valence-corrected chi connectivity index (χ2v) is 11.7. The SMILES string of the molecule is CC(=O)O.Cc1cc(N2CCN(CC(C)(C)O)C[C@H]2C)ccc1N1CCN(CC(C)(C)O)[C@@H](C)C1. The topological polar surface area (TPSA) is 90.7 Å². The lowest BCUT2D eigenvalue weighted by atomic mass is 10.0. The average molecular weight is 493 g/mol. The summed E-state index contributed by atoms with van der Waals surface area (Å²) in [5, 5.41) is 27.7. The van der Waals surface area contributed by atoms with Crippen molar-refractivity contribution in [2.75, 3.05) is 62.2 Å². The second kappa shape index (κ2) is 11.9. The van der Waals surface area contributed by atoms with Crippen LogP contribution in [0.1, 0.15) is 54.0 Å². The van der Waals surface area contributed by atoms with Crippen LogP contribution in [0.2, 0.25) is 0 Å². The minimum atomic E-state index is -0.833. The van der Waals surface area contributed by atoms with Crippen molar-refractivity contribution in [3.05, 3.63) is 23.8 Å². The number of hydrogen-bond donors (Lipinski definition) is 3. The van der Waals surface area contributed by atoms with Gasteiger partial charge in [0.25, 0.3) is 5.97 Å². The molecule has 0 amide bonds. The van der Waals surface area contributed by atoms with Gasteiger partial charge in [-0.3, -0.25) is 14.6 Å². The molecule has 0 spiro atoms. The molecule has 0 unspecified atom stereocenters. The summed E-state index contributed by atoms with van der Waals surface area (Å²) >= 11 is 0. The van der Waals surface area contributed by atoms with Crippen LogP contribution in [0, 0.1) is 6.92 Å². The molecule has 35 heavy (non-hydrogen) atoms. The van der Waals surface area contributed by atoms with E-state index in [1.807, 2.05) is 27.7 Å². The van der Waals surface area contributed by atoms with Gasteiger partial charge in [-0.15, -0.1) is 0 Å². The van der Waals surface area contributed by atoms with Gasteiger partial charge in [-0.05, 0) is 72.2 Å². The van der Waals surface area contributed by atoms with Crippen LogP contribution < -0.4 is 9.80 Å². The normalized spacial score (nSPS) is 22.6. The molecule has 8 nitrogen and oxygen atoms in total. The smallest absolute Gasteiger partial charge is 0.300 e. The number of carbonyl (C=O) groups is 1. The van der Waals surface area contributed by atoms with Crippen LogP contribution in [0.15, 0.2) is 18.2 Å². The fourth-order valence-electron chi connectivity index (χ4n) is 5.23. The molecule has 1 aromatic carbocycles. The molecule has 0 saturated carbocycles. The van der Waals surface area contributed by atoms with Crippen molar-refractivity contribution in [2.45, 2.75) is 78.7 Å². The van der Waals surface area contributed by atoms with Crippen molar-refractivity contribution in [3.8, 4) is 0 Å². The van der Waals surface area contributed by atoms with E-state index in [4.69, 9.17) is 9.90 Å². The van der Waals surface area contributed by atoms with Crippen LogP contribution >= 0.6 is 0 Å². The molecule has 2 heterocycles. The number of piperazine rings is 2. The molecule has 8 heteroatoms. The molecule has 0 aliphatic carbocycles. The summed E-state index contributed by atoms with van der Waals surface area (Å²) in [4.78, 5) is 18.8. The molecule has 1 aromatic rings. The van der Waals surface area contributed by atoms with Crippen LogP contribution in [0.25, 0.3) is 0 Å². The fourth-order valence-corrected chi connectivity index (χ4v) is 5.23. The number of aliphatic carboxylic acids is 1. The lowest BCUT2D eigenvalue weighted by molar-refractivity contribution is -0.134. The Morgan fingerprint density at radius 3 is 2.03 bits per heavy atom. The first kappa shape index (κ1) is 29.4. The maximum Gasteiger partial charge on any atom is 0.300 e. The molecule has 2 saturated heterocycles. The number of β-amino-alcohol motifs (C(OH)–C–C–N with tert-alkyl or cyclic N) is 2. The van der Waals surface area contributed by atoms with E-state index in [9.17, 15) is 10.2 Å². The second-order valence-electron chi connectivity index (χ2n) is 11.7. The average Bonchev–Trinajstić information content (AvgIpc) is 2.67. The summed E-state index contributed by atoms with van der Waals surface area (Å²) in [6.07, 6.45) is 0. The number of rotatable bonds is 6. The van der Waals surface area contributed by atoms with Gasteiger partial charge in [-0.2, -0.15) is 0 Å². The van der Waals surface area contributed by atoms with Gasteiger partial charge in [-0.1, -0.05) is 0 Å². The number of benzene rings is 1. The third-order valence-electron chi connectivity index (χ3n) is 6.53. The number of aryl methyl sites for hydroxylation is 1. The monoisotopic (exact) mass is 492 g/mol. The Morgan fingerprint density at radius 2 is 1.54 bits per heavy atom. The van der Waals surface area contributed by atoms with Crippen molar-refractivity contribution in [2.24, 2.45) is 0 Å². The Labute approximate surface area is 212 Å². The molecule has 0 radical (unpaired) electrons. The van der Waals surface area contributed by atoms with Crippen molar-refractivity contribution >= 4 is 17.3 Å². The Bertz CT molecular complexity index is 829. The van der Waals surface area contributed by atoms with E-state index in [0.29, 0.717) is 12.1 Å². The Balaban J connectivity index is 0.00000100. The minimum absolute atomic E-state index is 0.420. The highest BCUT2D eigenvalue weighted by atomic mass is 16.4. The lowest BCUT2D eigenvalue weighted by Gasteiger charge is -2.44. The largest absolute Gasteiger partial charge is 0.481 e. The zero-order valence-corrected chi connectivity index (χ0v) is 23.1. The summed E-state index contributed by atoms with van der Waals surface area (Å²) in [6, 6.07) is 7.75. The van der Waals surface area contributed by atoms with E-state index in [-0.39, 0.29) is 0 Å². The molecule has 0 aromatic heterocycles. The van der Waals surface area contributed by atoms with Crippen LogP contribution in [0.4, 0.5) is 11.4 Å². The van der Waals surface area contributed by atoms with Crippen molar-refractivity contribution in [3.63, 3.8) is 0 Å². The van der Waals surface area contributed by atoms with E-state index in [0.717, 1.165) is 59.3 Å². The van der Waals surface area contributed by atoms with Gasteiger partial charge in [-0.25, -0.2) is 0 Å². The number of carboxylic acid groups (broad SMARTS) is 1. The van der Waals surface area contributed by atoms with Crippen molar-refractivity contribution in [1.29, 1.82) is 0 Å². The van der Waals surface area contributed by atoms with E-state index in [1.165, 1.54) is 16.9 Å². The molecule has 200 valence electrons. The summed E-state index contributed by atoms with van der Waals surface area (Å²) in [7, 11) is 0. The first-order valence-corrected chi connectivity index (χ1v) is 12.8. The van der Waals surface area contributed by atoms with E-state index in [2.05, 4.69) is 58.6 Å². The predicted octanol–water partition coefficient (Wildman–Crippen LogP) is 2.65. The van der Waals surface area contributed by atoms with Gasteiger partial charge in [0.15, 0.2) is 0 Å². The molecule has 2 aliphatic rings. The molecule has 3 N–H and O–H groups in total. The molecule has 3 rings (SSSR count). The fraction of sp³-hybridized carbons (Fsp3) is 0.741. The Hall–Kier alpha value is -1.87. The van der Waals surface area contributed by atoms with Gasteiger partial charge >= 0.3 is 0 Å². The first-order valence-electron chi connectivity index (χ1n) is 12.8. The Kier molecular flexibility index (Phi) is 9.99. The summed E-state index contributed by atoms with van der Waals surface area (Å²) in [5.41, 5.74) is 2.65. The quantitative estimate of drug-likeness (QED) is 0.558. The number of anilines is 2. The van der Waals surface area contributed by atoms with Crippen molar-refractivity contribution in [1.82, 2.24) is 9.80 Å². The highest BCUT2D eigenvalue weighted by molar-refractivity contribution is 5.63. The predicted molar refractivity (Wildman–Crippen MR) is 144 cm³/mol. The molecule has 2 aliphatic heterocycles. The lowest BCUT2D eigenvalue weighted by Crippen LogP contribution is -2.55. The van der Waals surface area contributed by atoms with Gasteiger partial charge in [0.05, 0.1) is 11.2 Å². The maximum absolute atomic E-state index is 10.2. The van der Waals surface area contributed by atoms with Crippen LogP contribution in [0.3, 0.4) is 0 Å². The van der Waals surface area contributed by atoms with Crippen LogP contribution in [-0.2, 0) is 4.79 Å². The Morgan fingerprint density at radius 1 is 0.943 bits per heavy atom. The third kappa shape index (κ3) is 9.60. The standard InChI is InChI=1S/C25H44N4O2.C2H4O2/c1-19-14-22(29-13-10-26(15-21(29)3)17-24(4,5)30)8-9-23(19)27-11-12-28(20(2)16-27)18-25(6,7)31;1-2(3)4/h8-9,14,20-21,30-31H,10-13,15-18H2,1-7H3;1H3,(H,3,4)/t20-,21+;/m0./s1. The summed E-state index contributed by atoms with van der Waals surface area (Å²) < 4.78 is 0. The zero-order chi connectivity index (χ0) is 26.6. The van der Waals surface area contributed by atoms with E-state index < -0.39 is 17.2 Å². The van der Waals surface area contributed by atoms with Gasteiger partial charge in [0, 0.05) is 82.7 Å². The molecule has 2 fully saturated rings. The third-order valence-corrected chi connectivity index (χ3v) is 6.53. The van der Waals surface area contributed by atoms with Crippen molar-refractivity contribution < 1.29 is 20.1 Å². The van der Waals surface area contributed by atoms with E-state index >= 15 is 0 Å². The minimum Gasteiger partial charge on any atom is -0.481 e. The highest BCUT2D eigenvalue weighted by Crippen LogP contribution is 2.30. The van der Waals surface area contributed by atoms with Crippen LogP contribution in [-0.4, -0.2) is 107 Å². The first-order chi connectivity index (χ1) is 16.1. The number of nitrogens with zero attached hydrogens (tertiary/aromatic N) is 4. The summed E-state index contributed by atoms with van der Waals surface area (Å²) in [5.74, 6) is -0.833. The highest BCUT2D eigenvalue weighted by Gasteiger charge is 2.30. The molecular weight excluding hydrogens is 444 g/mol. The maximum atomic E-state index is 10.2. The number of carboxylic acids is 1. The van der Waals surface area contributed by atoms with Crippen LogP contribution in [0.5, 0.6) is 0 Å². The molecule has 0 bridgehead atoms. The zero-order valence-electron chi connectivity index (χ0n) is 23.1. The van der Waals surface area contributed by atoms with Gasteiger partial charge in [0.1, 0.15) is 0 Å². The van der Waals surface area contributed by atoms with Gasteiger partial charge < -0.3 is 25.1 Å². The number of hydrogen-bond acceptors (Lipinski definition) is 7. The molecule has 2 atom stereocenters. The van der Waals surface area contributed by atoms with Gasteiger partial charge in [0.2, 0.25) is 0 Å². The van der Waals surface area contributed by atoms with E-state index in [1.54, 1.807) is 0 Å².